The molecule has 0 spiro atoms. The molecule has 23 heavy (non-hydrogen) atoms. The van der Waals surface area contributed by atoms with Gasteiger partial charge >= 0.3 is 0 Å². The molecular weight excluding hydrogens is 312 g/mol. The van der Waals surface area contributed by atoms with Crippen LogP contribution in [0, 0.1) is 6.92 Å². The summed E-state index contributed by atoms with van der Waals surface area (Å²) < 4.78 is 0. The van der Waals surface area contributed by atoms with E-state index in [-0.39, 0.29) is 18.4 Å². The average molecular weight is 329 g/mol. The molecule has 2 aromatic carbocycles. The van der Waals surface area contributed by atoms with E-state index in [9.17, 15) is 9.59 Å². The van der Waals surface area contributed by atoms with E-state index in [1.807, 2.05) is 37.3 Å². The molecule has 2 aromatic rings. The molecule has 0 unspecified atom stereocenters. The van der Waals surface area contributed by atoms with E-state index in [0.717, 1.165) is 23.2 Å². The number of carbonyl (C=O) groups is 2. The molecule has 1 aliphatic rings. The third-order valence-electron chi connectivity index (χ3n) is 3.95. The number of amides is 2. The first-order chi connectivity index (χ1) is 11.0. The van der Waals surface area contributed by atoms with Crippen LogP contribution in [0.15, 0.2) is 42.5 Å². The number of fused-ring (bicyclic) bond motifs is 1. The third-order valence-corrected chi connectivity index (χ3v) is 4.36. The maximum atomic E-state index is 12.3. The largest absolute Gasteiger partial charge is 0.324 e. The molecule has 0 saturated heterocycles. The smallest absolute Gasteiger partial charge is 0.244 e. The van der Waals surface area contributed by atoms with Crippen molar-refractivity contribution in [2.24, 2.45) is 0 Å². The van der Waals surface area contributed by atoms with Crippen LogP contribution in [0.25, 0.3) is 0 Å². The van der Waals surface area contributed by atoms with Gasteiger partial charge in [0.15, 0.2) is 0 Å². The van der Waals surface area contributed by atoms with Crippen LogP contribution in [0.3, 0.4) is 0 Å². The first-order valence-corrected chi connectivity index (χ1v) is 7.86. The number of rotatable bonds is 3. The summed E-state index contributed by atoms with van der Waals surface area (Å²) in [5, 5.41) is 3.39. The van der Waals surface area contributed by atoms with E-state index in [4.69, 9.17) is 11.6 Å². The number of nitrogens with one attached hydrogen (secondary N) is 1. The quantitative estimate of drug-likeness (QED) is 0.936. The predicted molar refractivity (Wildman–Crippen MR) is 91.9 cm³/mol. The molecule has 2 amide bonds. The van der Waals surface area contributed by atoms with Gasteiger partial charge in [0, 0.05) is 22.8 Å². The third kappa shape index (κ3) is 3.37. The molecule has 5 heteroatoms. The first kappa shape index (κ1) is 15.6. The standard InChI is InChI=1S/C18H17ClN2O2/c1-12-6-8-14(10-15(12)19)20-17(22)11-21-16-5-3-2-4-13(16)7-9-18(21)23/h2-6,8,10H,7,9,11H2,1H3,(H,20,22). The lowest BCUT2D eigenvalue weighted by Crippen LogP contribution is -2.40. The summed E-state index contributed by atoms with van der Waals surface area (Å²) in [6.07, 6.45) is 1.15. The second-order valence-corrected chi connectivity index (χ2v) is 6.03. The maximum Gasteiger partial charge on any atom is 0.244 e. The highest BCUT2D eigenvalue weighted by Gasteiger charge is 2.25. The first-order valence-electron chi connectivity index (χ1n) is 7.49. The summed E-state index contributed by atoms with van der Waals surface area (Å²) in [6.45, 7) is 1.90. The molecule has 1 aliphatic heterocycles. The van der Waals surface area contributed by atoms with Crippen molar-refractivity contribution >= 4 is 34.8 Å². The topological polar surface area (TPSA) is 49.4 Å². The number of hydrogen-bond acceptors (Lipinski definition) is 2. The fourth-order valence-electron chi connectivity index (χ4n) is 2.68. The van der Waals surface area contributed by atoms with Crippen LogP contribution < -0.4 is 10.2 Å². The number of halogens is 1. The Balaban J connectivity index is 1.75. The number of benzene rings is 2. The fourth-order valence-corrected chi connectivity index (χ4v) is 2.87. The van der Waals surface area contributed by atoms with Crippen LogP contribution in [-0.2, 0) is 16.0 Å². The number of nitrogens with zero attached hydrogens (tertiary/aromatic N) is 1. The van der Waals surface area contributed by atoms with E-state index in [1.54, 1.807) is 17.0 Å². The minimum absolute atomic E-state index is 0.00133. The fraction of sp³-hybridized carbons (Fsp3) is 0.222. The highest BCUT2D eigenvalue weighted by Crippen LogP contribution is 2.27. The zero-order valence-electron chi connectivity index (χ0n) is 12.8. The molecule has 0 radical (unpaired) electrons. The van der Waals surface area contributed by atoms with Crippen LogP contribution >= 0.6 is 11.6 Å². The Hall–Kier alpha value is -2.33. The molecule has 0 aliphatic carbocycles. The van der Waals surface area contributed by atoms with Gasteiger partial charge in [-0.2, -0.15) is 0 Å². The van der Waals surface area contributed by atoms with Crippen molar-refractivity contribution in [3.05, 3.63) is 58.6 Å². The van der Waals surface area contributed by atoms with E-state index < -0.39 is 0 Å². The highest BCUT2D eigenvalue weighted by atomic mass is 35.5. The molecule has 0 atom stereocenters. The van der Waals surface area contributed by atoms with Gasteiger partial charge in [-0.3, -0.25) is 9.59 Å². The van der Waals surface area contributed by atoms with Gasteiger partial charge < -0.3 is 10.2 Å². The van der Waals surface area contributed by atoms with Crippen molar-refractivity contribution in [1.82, 2.24) is 0 Å². The Morgan fingerprint density at radius 2 is 2.00 bits per heavy atom. The van der Waals surface area contributed by atoms with Gasteiger partial charge in [0.25, 0.3) is 0 Å². The van der Waals surface area contributed by atoms with Crippen molar-refractivity contribution < 1.29 is 9.59 Å². The van der Waals surface area contributed by atoms with Crippen LogP contribution in [0.5, 0.6) is 0 Å². The Labute approximate surface area is 140 Å². The van der Waals surface area contributed by atoms with Gasteiger partial charge in [0.05, 0.1) is 0 Å². The van der Waals surface area contributed by atoms with Crippen LogP contribution in [0.4, 0.5) is 11.4 Å². The molecule has 1 heterocycles. The van der Waals surface area contributed by atoms with E-state index in [2.05, 4.69) is 5.32 Å². The Morgan fingerprint density at radius 3 is 2.78 bits per heavy atom. The van der Waals surface area contributed by atoms with Crippen LogP contribution in [0.1, 0.15) is 17.5 Å². The van der Waals surface area contributed by atoms with Gasteiger partial charge in [-0.1, -0.05) is 35.9 Å². The normalized spacial score (nSPS) is 13.7. The van der Waals surface area contributed by atoms with Crippen LogP contribution in [-0.4, -0.2) is 18.4 Å². The van der Waals surface area contributed by atoms with Gasteiger partial charge in [0.2, 0.25) is 11.8 Å². The summed E-state index contributed by atoms with van der Waals surface area (Å²) in [6, 6.07) is 13.0. The summed E-state index contributed by atoms with van der Waals surface area (Å²) in [5.74, 6) is -0.268. The molecule has 4 nitrogen and oxygen atoms in total. The average Bonchev–Trinajstić information content (AvgIpc) is 2.54. The van der Waals surface area contributed by atoms with Crippen molar-refractivity contribution in [1.29, 1.82) is 0 Å². The SMILES string of the molecule is Cc1ccc(NC(=O)CN2C(=O)CCc3ccccc32)cc1Cl. The van der Waals surface area contributed by atoms with Crippen molar-refractivity contribution in [2.75, 3.05) is 16.8 Å². The molecule has 0 aromatic heterocycles. The number of para-hydroxylation sites is 1. The van der Waals surface area contributed by atoms with Gasteiger partial charge in [-0.15, -0.1) is 0 Å². The summed E-state index contributed by atoms with van der Waals surface area (Å²) in [7, 11) is 0. The van der Waals surface area contributed by atoms with E-state index >= 15 is 0 Å². The molecule has 1 N–H and O–H groups in total. The second kappa shape index (κ2) is 6.42. The Kier molecular flexibility index (Phi) is 4.35. The second-order valence-electron chi connectivity index (χ2n) is 5.62. The molecule has 0 fully saturated rings. The molecular formula is C18H17ClN2O2. The number of hydrogen-bond donors (Lipinski definition) is 1. The molecule has 0 saturated carbocycles. The maximum absolute atomic E-state index is 12.3. The predicted octanol–water partition coefficient (Wildman–Crippen LogP) is 3.57. The zero-order valence-corrected chi connectivity index (χ0v) is 13.6. The van der Waals surface area contributed by atoms with Crippen molar-refractivity contribution in [3.63, 3.8) is 0 Å². The lowest BCUT2D eigenvalue weighted by Gasteiger charge is -2.28. The number of aryl methyl sites for hydroxylation is 2. The van der Waals surface area contributed by atoms with Gasteiger partial charge in [-0.25, -0.2) is 0 Å². The van der Waals surface area contributed by atoms with Crippen molar-refractivity contribution in [3.8, 4) is 0 Å². The Morgan fingerprint density at radius 1 is 1.22 bits per heavy atom. The van der Waals surface area contributed by atoms with Gasteiger partial charge in [0.1, 0.15) is 6.54 Å². The molecule has 3 rings (SSSR count). The van der Waals surface area contributed by atoms with E-state index in [1.165, 1.54) is 0 Å². The van der Waals surface area contributed by atoms with Crippen molar-refractivity contribution in [2.45, 2.75) is 19.8 Å². The lowest BCUT2D eigenvalue weighted by atomic mass is 10.0. The van der Waals surface area contributed by atoms with Crippen LogP contribution in [0.2, 0.25) is 5.02 Å². The summed E-state index contributed by atoms with van der Waals surface area (Å²) in [4.78, 5) is 26.0. The lowest BCUT2D eigenvalue weighted by molar-refractivity contribution is -0.121. The monoisotopic (exact) mass is 328 g/mol. The van der Waals surface area contributed by atoms with E-state index in [0.29, 0.717) is 17.1 Å². The highest BCUT2D eigenvalue weighted by molar-refractivity contribution is 6.31. The minimum Gasteiger partial charge on any atom is -0.324 e. The summed E-state index contributed by atoms with van der Waals surface area (Å²) >= 11 is 6.06. The Bertz CT molecular complexity index is 773. The minimum atomic E-state index is -0.241. The summed E-state index contributed by atoms with van der Waals surface area (Å²) in [5.41, 5.74) is 3.49. The number of anilines is 2. The zero-order chi connectivity index (χ0) is 16.4. The molecule has 118 valence electrons. The van der Waals surface area contributed by atoms with Gasteiger partial charge in [-0.05, 0) is 42.7 Å². The molecule has 0 bridgehead atoms. The number of carbonyl (C=O) groups excluding carboxylic acids is 2.